The highest BCUT2D eigenvalue weighted by atomic mass is 35.5. The summed E-state index contributed by atoms with van der Waals surface area (Å²) in [5.74, 6) is 0.887. The van der Waals surface area contributed by atoms with Crippen molar-refractivity contribution in [3.8, 4) is 5.75 Å². The summed E-state index contributed by atoms with van der Waals surface area (Å²) in [5.41, 5.74) is 0.937. The van der Waals surface area contributed by atoms with Gasteiger partial charge in [-0.15, -0.1) is 12.4 Å². The number of hydrogen-bond donors (Lipinski definition) is 3. The highest BCUT2D eigenvalue weighted by molar-refractivity contribution is 5.98. The topological polar surface area (TPSA) is 79.5 Å². The van der Waals surface area contributed by atoms with Crippen molar-refractivity contribution in [3.63, 3.8) is 0 Å². The van der Waals surface area contributed by atoms with Crippen LogP contribution in [0, 0.1) is 11.3 Å². The average molecular weight is 368 g/mol. The first-order valence-corrected chi connectivity index (χ1v) is 8.53. The average Bonchev–Trinajstić information content (AvgIpc) is 3.00. The van der Waals surface area contributed by atoms with Crippen LogP contribution >= 0.6 is 12.4 Å². The van der Waals surface area contributed by atoms with Crippen molar-refractivity contribution in [2.75, 3.05) is 30.8 Å². The molecule has 1 aromatic carbocycles. The minimum Gasteiger partial charge on any atom is -0.495 e. The number of halogens is 1. The van der Waals surface area contributed by atoms with Crippen LogP contribution < -0.4 is 20.7 Å². The predicted octanol–water partition coefficient (Wildman–Crippen LogP) is 2.79. The Hall–Kier alpha value is -1.79. The predicted molar refractivity (Wildman–Crippen MR) is 100 cm³/mol. The zero-order chi connectivity index (χ0) is 17.2. The van der Waals surface area contributed by atoms with Gasteiger partial charge in [0.2, 0.25) is 11.8 Å². The zero-order valence-electron chi connectivity index (χ0n) is 14.7. The smallest absolute Gasteiger partial charge is 0.232 e. The number of nitrogens with one attached hydrogen (secondary N) is 3. The maximum Gasteiger partial charge on any atom is 0.232 e. The van der Waals surface area contributed by atoms with Gasteiger partial charge >= 0.3 is 0 Å². The lowest BCUT2D eigenvalue weighted by Gasteiger charge is -2.37. The Morgan fingerprint density at radius 3 is 2.80 bits per heavy atom. The zero-order valence-corrected chi connectivity index (χ0v) is 15.5. The quantitative estimate of drug-likeness (QED) is 0.764. The van der Waals surface area contributed by atoms with E-state index in [1.165, 1.54) is 13.3 Å². The van der Waals surface area contributed by atoms with E-state index in [1.54, 1.807) is 25.3 Å². The van der Waals surface area contributed by atoms with E-state index in [0.717, 1.165) is 32.4 Å². The molecule has 0 bridgehead atoms. The van der Waals surface area contributed by atoms with Gasteiger partial charge < -0.3 is 20.7 Å². The minimum absolute atomic E-state index is 0. The van der Waals surface area contributed by atoms with E-state index in [4.69, 9.17) is 4.74 Å². The molecule has 1 saturated carbocycles. The van der Waals surface area contributed by atoms with Crippen LogP contribution in [0.5, 0.6) is 5.75 Å². The van der Waals surface area contributed by atoms with Crippen LogP contribution in [-0.4, -0.2) is 32.0 Å². The van der Waals surface area contributed by atoms with Crippen molar-refractivity contribution in [3.05, 3.63) is 18.2 Å². The SMILES string of the molecule is COc1ccc(NC(=O)[C@@]23CCCC[C@H]2CNC3)cc1NC(C)=O.Cl. The first-order valence-electron chi connectivity index (χ1n) is 8.53. The molecule has 7 heteroatoms. The van der Waals surface area contributed by atoms with Crippen LogP contribution in [-0.2, 0) is 9.59 Å². The van der Waals surface area contributed by atoms with Gasteiger partial charge in [0.1, 0.15) is 5.75 Å². The van der Waals surface area contributed by atoms with Crippen LogP contribution in [0.4, 0.5) is 11.4 Å². The Labute approximate surface area is 154 Å². The van der Waals surface area contributed by atoms with Crippen LogP contribution in [0.25, 0.3) is 0 Å². The van der Waals surface area contributed by atoms with Crippen molar-refractivity contribution in [2.45, 2.75) is 32.6 Å². The molecule has 0 unspecified atom stereocenters. The molecule has 1 saturated heterocycles. The normalized spacial score (nSPS) is 24.6. The molecule has 0 aromatic heterocycles. The highest BCUT2D eigenvalue weighted by Crippen LogP contribution is 2.44. The lowest BCUT2D eigenvalue weighted by Crippen LogP contribution is -2.44. The number of amides is 2. The third kappa shape index (κ3) is 3.90. The van der Waals surface area contributed by atoms with E-state index >= 15 is 0 Å². The summed E-state index contributed by atoms with van der Waals surface area (Å²) in [7, 11) is 1.55. The third-order valence-corrected chi connectivity index (χ3v) is 5.26. The summed E-state index contributed by atoms with van der Waals surface area (Å²) in [5, 5.41) is 9.18. The number of benzene rings is 1. The summed E-state index contributed by atoms with van der Waals surface area (Å²) in [4.78, 5) is 24.3. The first kappa shape index (κ1) is 19.5. The Kier molecular flexibility index (Phi) is 6.30. The van der Waals surface area contributed by atoms with E-state index in [2.05, 4.69) is 16.0 Å². The molecule has 2 amide bonds. The lowest BCUT2D eigenvalue weighted by molar-refractivity contribution is -0.128. The Morgan fingerprint density at radius 2 is 2.08 bits per heavy atom. The molecule has 1 heterocycles. The van der Waals surface area contributed by atoms with Crippen LogP contribution in [0.15, 0.2) is 18.2 Å². The summed E-state index contributed by atoms with van der Waals surface area (Å²) >= 11 is 0. The molecule has 1 aromatic rings. The molecule has 0 radical (unpaired) electrons. The van der Waals surface area contributed by atoms with Crippen molar-refractivity contribution in [1.82, 2.24) is 5.32 Å². The maximum atomic E-state index is 13.0. The molecule has 2 aliphatic rings. The van der Waals surface area contributed by atoms with Crippen molar-refractivity contribution in [2.24, 2.45) is 11.3 Å². The van der Waals surface area contributed by atoms with Gasteiger partial charge in [-0.2, -0.15) is 0 Å². The fourth-order valence-electron chi connectivity index (χ4n) is 4.02. The van der Waals surface area contributed by atoms with E-state index in [9.17, 15) is 9.59 Å². The molecule has 3 rings (SSSR count). The van der Waals surface area contributed by atoms with Gasteiger partial charge in [0.05, 0.1) is 18.2 Å². The van der Waals surface area contributed by atoms with Crippen molar-refractivity contribution < 1.29 is 14.3 Å². The van der Waals surface area contributed by atoms with E-state index < -0.39 is 0 Å². The Bertz CT molecular complexity index is 652. The molecular formula is C18H26ClN3O3. The van der Waals surface area contributed by atoms with Gasteiger partial charge in [0.15, 0.2) is 0 Å². The van der Waals surface area contributed by atoms with Gasteiger partial charge in [-0.25, -0.2) is 0 Å². The largest absolute Gasteiger partial charge is 0.495 e. The number of carbonyl (C=O) groups excluding carboxylic acids is 2. The number of hydrogen-bond acceptors (Lipinski definition) is 4. The van der Waals surface area contributed by atoms with E-state index in [1.807, 2.05) is 0 Å². The molecule has 2 atom stereocenters. The molecule has 1 aliphatic carbocycles. The minimum atomic E-state index is -0.299. The fourth-order valence-corrected chi connectivity index (χ4v) is 4.02. The Morgan fingerprint density at radius 1 is 1.28 bits per heavy atom. The number of rotatable bonds is 4. The van der Waals surface area contributed by atoms with Crippen LogP contribution in [0.1, 0.15) is 32.6 Å². The summed E-state index contributed by atoms with van der Waals surface area (Å²) in [6, 6.07) is 5.30. The van der Waals surface area contributed by atoms with Gasteiger partial charge in [-0.1, -0.05) is 12.8 Å². The summed E-state index contributed by atoms with van der Waals surface area (Å²) < 4.78 is 5.25. The first-order chi connectivity index (χ1) is 11.5. The standard InChI is InChI=1S/C18H25N3O3.ClH/c1-12(22)20-15-9-14(6-7-16(15)24-2)21-17(23)18-8-4-3-5-13(18)10-19-11-18;/h6-7,9,13,19H,3-5,8,10-11H2,1-2H3,(H,20,22)(H,21,23);1H/t13-,18+;/m0./s1. The summed E-state index contributed by atoms with van der Waals surface area (Å²) in [6.45, 7) is 3.12. The molecule has 138 valence electrons. The Balaban J connectivity index is 0.00000225. The molecule has 25 heavy (non-hydrogen) atoms. The molecule has 3 N–H and O–H groups in total. The van der Waals surface area contributed by atoms with Crippen LogP contribution in [0.2, 0.25) is 0 Å². The highest BCUT2D eigenvalue weighted by Gasteiger charge is 2.49. The molecule has 0 spiro atoms. The number of methoxy groups -OCH3 is 1. The fraction of sp³-hybridized carbons (Fsp3) is 0.556. The number of fused-ring (bicyclic) bond motifs is 1. The number of ether oxygens (including phenoxy) is 1. The van der Waals surface area contributed by atoms with Crippen LogP contribution in [0.3, 0.4) is 0 Å². The van der Waals surface area contributed by atoms with Gasteiger partial charge in [-0.3, -0.25) is 9.59 Å². The molecule has 1 aliphatic heterocycles. The second-order valence-electron chi connectivity index (χ2n) is 6.78. The number of carbonyl (C=O) groups is 2. The lowest BCUT2D eigenvalue weighted by atomic mass is 9.67. The molecule has 2 fully saturated rings. The van der Waals surface area contributed by atoms with Crippen molar-refractivity contribution >= 4 is 35.6 Å². The summed E-state index contributed by atoms with van der Waals surface area (Å²) in [6.07, 6.45) is 4.35. The second-order valence-corrected chi connectivity index (χ2v) is 6.78. The van der Waals surface area contributed by atoms with E-state index in [0.29, 0.717) is 23.0 Å². The monoisotopic (exact) mass is 367 g/mol. The second kappa shape index (κ2) is 8.06. The van der Waals surface area contributed by atoms with Gasteiger partial charge in [0, 0.05) is 19.2 Å². The number of anilines is 2. The molecule has 6 nitrogen and oxygen atoms in total. The van der Waals surface area contributed by atoms with Gasteiger partial charge in [0.25, 0.3) is 0 Å². The third-order valence-electron chi connectivity index (χ3n) is 5.26. The van der Waals surface area contributed by atoms with Gasteiger partial charge in [-0.05, 0) is 43.5 Å². The molecular weight excluding hydrogens is 342 g/mol. The van der Waals surface area contributed by atoms with E-state index in [-0.39, 0.29) is 29.6 Å². The maximum absolute atomic E-state index is 13.0. The van der Waals surface area contributed by atoms with Crippen molar-refractivity contribution in [1.29, 1.82) is 0 Å².